The second-order valence-corrected chi connectivity index (χ2v) is 7.71. The molecule has 4 heterocycles. The lowest BCUT2D eigenvalue weighted by atomic mass is 10.0. The fourth-order valence-corrected chi connectivity index (χ4v) is 3.95. The monoisotopic (exact) mass is 421 g/mol. The van der Waals surface area contributed by atoms with Crippen LogP contribution in [0, 0.1) is 0 Å². The number of pyridine rings is 1. The quantitative estimate of drug-likeness (QED) is 0.670. The van der Waals surface area contributed by atoms with Gasteiger partial charge in [0.2, 0.25) is 0 Å². The molecule has 1 aliphatic heterocycles. The number of hydrogen-bond acceptors (Lipinski definition) is 4. The molecule has 11 heteroatoms. The smallest absolute Gasteiger partial charge is 0.319 e. The van der Waals surface area contributed by atoms with Gasteiger partial charge in [-0.3, -0.25) is 14.8 Å². The molecule has 8 nitrogen and oxygen atoms in total. The highest BCUT2D eigenvalue weighted by atomic mass is 19.4. The Labute approximate surface area is 172 Å². The molecule has 2 aliphatic rings. The number of carbonyl (C=O) groups excluding carboxylic acids is 1. The molecule has 2 N–H and O–H groups in total. The summed E-state index contributed by atoms with van der Waals surface area (Å²) in [6, 6.07) is 0.873. The Bertz CT molecular complexity index is 1180. The number of carbonyl (C=O) groups is 1. The van der Waals surface area contributed by atoms with Crippen molar-refractivity contribution in [2.24, 2.45) is 0 Å². The molecule has 1 spiro atoms. The van der Waals surface area contributed by atoms with Crippen molar-refractivity contribution in [2.45, 2.75) is 50.4 Å². The van der Waals surface area contributed by atoms with Crippen molar-refractivity contribution in [1.82, 2.24) is 29.9 Å². The number of nitrogens with zero attached hydrogens (tertiary/aromatic N) is 5. The number of hydrogen-bond donors (Lipinski definition) is 2. The third-order valence-corrected chi connectivity index (χ3v) is 5.59. The van der Waals surface area contributed by atoms with E-state index < -0.39 is 30.8 Å². The maximum absolute atomic E-state index is 13.1. The highest BCUT2D eigenvalue weighted by molar-refractivity contribution is 5.94. The average Bonchev–Trinajstić information content (AvgIpc) is 3.12. The molecule has 158 valence electrons. The number of halogens is 3. The number of rotatable bonds is 3. The molecule has 1 saturated heterocycles. The molecule has 3 aromatic heterocycles. The zero-order valence-corrected chi connectivity index (χ0v) is 15.8. The fraction of sp³-hybridized carbons (Fsp3) is 0.474. The van der Waals surface area contributed by atoms with Crippen LogP contribution < -0.4 is 5.32 Å². The van der Waals surface area contributed by atoms with E-state index in [4.69, 9.17) is 2.74 Å². The molecule has 1 saturated carbocycles. The number of alkyl halides is 3. The highest BCUT2D eigenvalue weighted by Gasteiger charge is 2.51. The standard InChI is InChI=1S/C19H20F3N7O/c20-19(21,22)11-29-15-7-13(23-8-12(15)9-25-29)16-14(10-24-27-16)26-17(30)28-6-2-1-3-18(28)4-5-18/h7-10H,1-6,11H2,(H,24,27)(H,26,30)/i6D2. The molecule has 0 radical (unpaired) electrons. The van der Waals surface area contributed by atoms with Gasteiger partial charge in [0.1, 0.15) is 12.2 Å². The van der Waals surface area contributed by atoms with Gasteiger partial charge >= 0.3 is 12.2 Å². The van der Waals surface area contributed by atoms with Gasteiger partial charge in [-0.05, 0) is 38.2 Å². The normalized spacial score (nSPS) is 20.8. The summed E-state index contributed by atoms with van der Waals surface area (Å²) in [5.74, 6) is 0. The predicted molar refractivity (Wildman–Crippen MR) is 103 cm³/mol. The Morgan fingerprint density at radius 3 is 2.87 bits per heavy atom. The van der Waals surface area contributed by atoms with Gasteiger partial charge in [-0.1, -0.05) is 0 Å². The van der Waals surface area contributed by atoms with E-state index in [1.807, 2.05) is 0 Å². The van der Waals surface area contributed by atoms with Crippen molar-refractivity contribution < 1.29 is 20.7 Å². The van der Waals surface area contributed by atoms with E-state index in [-0.39, 0.29) is 23.3 Å². The first-order chi connectivity index (χ1) is 15.1. The molecular formula is C19H20F3N7O. The van der Waals surface area contributed by atoms with Crippen LogP contribution in [0.25, 0.3) is 22.3 Å². The average molecular weight is 421 g/mol. The largest absolute Gasteiger partial charge is 0.408 e. The van der Waals surface area contributed by atoms with Crippen molar-refractivity contribution in [3.63, 3.8) is 0 Å². The molecular weight excluding hydrogens is 399 g/mol. The number of likely N-dealkylation sites (tertiary alicyclic amines) is 1. The highest BCUT2D eigenvalue weighted by Crippen LogP contribution is 2.48. The van der Waals surface area contributed by atoms with Crippen molar-refractivity contribution in [3.05, 3.63) is 24.7 Å². The van der Waals surface area contributed by atoms with Crippen LogP contribution in [0.2, 0.25) is 0 Å². The Morgan fingerprint density at radius 2 is 2.10 bits per heavy atom. The minimum Gasteiger partial charge on any atom is -0.319 e. The summed E-state index contributed by atoms with van der Waals surface area (Å²) in [6.07, 6.45) is 2.93. The summed E-state index contributed by atoms with van der Waals surface area (Å²) in [7, 11) is 0. The van der Waals surface area contributed by atoms with Gasteiger partial charge in [-0.25, -0.2) is 4.79 Å². The summed E-state index contributed by atoms with van der Waals surface area (Å²) in [4.78, 5) is 18.6. The minimum atomic E-state index is -4.43. The molecule has 30 heavy (non-hydrogen) atoms. The van der Waals surface area contributed by atoms with Crippen molar-refractivity contribution in [1.29, 1.82) is 0 Å². The molecule has 3 aromatic rings. The van der Waals surface area contributed by atoms with E-state index in [9.17, 15) is 18.0 Å². The Kier molecular flexibility index (Phi) is 3.73. The van der Waals surface area contributed by atoms with E-state index in [0.717, 1.165) is 30.4 Å². The van der Waals surface area contributed by atoms with Crippen LogP contribution >= 0.6 is 0 Å². The Morgan fingerprint density at radius 1 is 1.27 bits per heavy atom. The number of amides is 2. The van der Waals surface area contributed by atoms with Crippen molar-refractivity contribution >= 4 is 22.6 Å². The van der Waals surface area contributed by atoms with Crippen LogP contribution in [0.1, 0.15) is 34.8 Å². The Hall–Kier alpha value is -3.11. The fourth-order valence-electron chi connectivity index (χ4n) is 3.95. The van der Waals surface area contributed by atoms with E-state index in [1.165, 1.54) is 29.6 Å². The van der Waals surface area contributed by atoms with Crippen LogP contribution in [0.4, 0.5) is 23.7 Å². The number of nitrogens with one attached hydrogen (secondary N) is 2. The van der Waals surface area contributed by atoms with Gasteiger partial charge in [-0.15, -0.1) is 0 Å². The van der Waals surface area contributed by atoms with Gasteiger partial charge in [0, 0.05) is 26.4 Å². The summed E-state index contributed by atoms with van der Waals surface area (Å²) in [6.45, 7) is -3.00. The first-order valence-corrected chi connectivity index (χ1v) is 9.61. The van der Waals surface area contributed by atoms with Gasteiger partial charge in [0.15, 0.2) is 0 Å². The van der Waals surface area contributed by atoms with Gasteiger partial charge in [0.25, 0.3) is 0 Å². The lowest BCUT2D eigenvalue weighted by Gasteiger charge is -2.36. The zero-order chi connectivity index (χ0) is 22.7. The van der Waals surface area contributed by atoms with Crippen LogP contribution in [-0.4, -0.2) is 54.1 Å². The first kappa shape index (κ1) is 16.7. The molecule has 1 aliphatic carbocycles. The van der Waals surface area contributed by atoms with Crippen LogP contribution in [0.15, 0.2) is 24.7 Å². The maximum atomic E-state index is 13.1. The molecule has 0 atom stereocenters. The van der Waals surface area contributed by atoms with Gasteiger partial charge in [0.05, 0.1) is 29.3 Å². The van der Waals surface area contributed by atoms with E-state index in [0.29, 0.717) is 11.1 Å². The maximum Gasteiger partial charge on any atom is 0.408 e. The molecule has 5 rings (SSSR count). The van der Waals surface area contributed by atoms with E-state index in [1.54, 1.807) is 0 Å². The lowest BCUT2D eigenvalue weighted by molar-refractivity contribution is -0.141. The second-order valence-electron chi connectivity index (χ2n) is 7.71. The van der Waals surface area contributed by atoms with E-state index in [2.05, 4.69) is 25.6 Å². The van der Waals surface area contributed by atoms with Gasteiger partial charge < -0.3 is 10.2 Å². The summed E-state index contributed by atoms with van der Waals surface area (Å²) in [5, 5.41) is 13.6. The third kappa shape index (κ3) is 3.37. The first-order valence-electron chi connectivity index (χ1n) is 10.6. The molecule has 2 fully saturated rings. The number of aromatic amines is 1. The number of urea groups is 1. The number of piperidine rings is 1. The van der Waals surface area contributed by atoms with Crippen LogP contribution in [-0.2, 0) is 6.54 Å². The number of H-pyrrole nitrogens is 1. The summed E-state index contributed by atoms with van der Waals surface area (Å²) in [5.41, 5.74) is 0.639. The second kappa shape index (κ2) is 6.71. The van der Waals surface area contributed by atoms with Crippen LogP contribution in [0.5, 0.6) is 0 Å². The summed E-state index contributed by atoms with van der Waals surface area (Å²) >= 11 is 0. The van der Waals surface area contributed by atoms with E-state index >= 15 is 0 Å². The number of aromatic nitrogens is 5. The zero-order valence-electron chi connectivity index (χ0n) is 17.8. The molecule has 0 unspecified atom stereocenters. The lowest BCUT2D eigenvalue weighted by Crippen LogP contribution is -2.47. The van der Waals surface area contributed by atoms with Crippen molar-refractivity contribution in [2.75, 3.05) is 11.8 Å². The third-order valence-electron chi connectivity index (χ3n) is 5.59. The topological polar surface area (TPSA) is 91.7 Å². The minimum absolute atomic E-state index is 0.239. The molecule has 2 amide bonds. The Balaban J connectivity index is 1.44. The number of fused-ring (bicyclic) bond motifs is 1. The van der Waals surface area contributed by atoms with Gasteiger partial charge in [-0.2, -0.15) is 23.4 Å². The van der Waals surface area contributed by atoms with Crippen LogP contribution in [0.3, 0.4) is 0 Å². The predicted octanol–water partition coefficient (Wildman–Crippen LogP) is 3.93. The SMILES string of the molecule is [2H]C1([2H])CCCC2(CC2)N1C(=O)Nc1cn[nH]c1-c1cc2c(cn1)cnn2CC(F)(F)F. The summed E-state index contributed by atoms with van der Waals surface area (Å²) < 4.78 is 56.1. The molecule has 0 bridgehead atoms. The number of anilines is 1. The molecule has 0 aromatic carbocycles. The van der Waals surface area contributed by atoms with Crippen molar-refractivity contribution in [3.8, 4) is 11.4 Å².